The molecular formula is C45H86O5. The van der Waals surface area contributed by atoms with Gasteiger partial charge in [-0.15, -0.1) is 0 Å². The summed E-state index contributed by atoms with van der Waals surface area (Å²) in [6.45, 7) is 4.15. The summed E-state index contributed by atoms with van der Waals surface area (Å²) in [5, 5.41) is 9.58. The number of aliphatic hydroxyl groups excluding tert-OH is 1. The minimum atomic E-state index is -0.767. The van der Waals surface area contributed by atoms with Crippen molar-refractivity contribution >= 4 is 11.9 Å². The first-order valence-corrected chi connectivity index (χ1v) is 22.2. The van der Waals surface area contributed by atoms with Gasteiger partial charge in [0.05, 0.1) is 6.61 Å². The van der Waals surface area contributed by atoms with E-state index in [-0.39, 0.29) is 25.2 Å². The summed E-state index contributed by atoms with van der Waals surface area (Å²) in [6.07, 6.45) is 48.6. The van der Waals surface area contributed by atoms with Crippen LogP contribution in [0, 0.1) is 0 Å². The second-order valence-corrected chi connectivity index (χ2v) is 15.1. The van der Waals surface area contributed by atoms with Crippen molar-refractivity contribution in [3.8, 4) is 0 Å². The molecule has 0 aliphatic carbocycles. The van der Waals surface area contributed by atoms with Gasteiger partial charge in [-0.05, 0) is 38.5 Å². The molecule has 296 valence electrons. The van der Waals surface area contributed by atoms with E-state index in [0.717, 1.165) is 32.1 Å². The van der Waals surface area contributed by atoms with Crippen LogP contribution in [0.1, 0.15) is 245 Å². The molecule has 5 heteroatoms. The van der Waals surface area contributed by atoms with Crippen molar-refractivity contribution in [3.63, 3.8) is 0 Å². The summed E-state index contributed by atoms with van der Waals surface area (Å²) in [5.74, 6) is -0.582. The summed E-state index contributed by atoms with van der Waals surface area (Å²) in [5.41, 5.74) is 0. The molecule has 0 bridgehead atoms. The SMILES string of the molecule is CCCCCCC=CCCCCCCCCCC(=O)OC(CO)COC(=O)CCCCCCCCCCCCCCCCCCCCCCC. The number of carbonyl (C=O) groups is 2. The Morgan fingerprint density at radius 1 is 0.440 bits per heavy atom. The number of unbranched alkanes of at least 4 members (excludes halogenated alkanes) is 31. The molecule has 0 spiro atoms. The third kappa shape index (κ3) is 39.4. The van der Waals surface area contributed by atoms with Crippen LogP contribution in [0.15, 0.2) is 12.2 Å². The maximum Gasteiger partial charge on any atom is 0.306 e. The van der Waals surface area contributed by atoms with Gasteiger partial charge >= 0.3 is 11.9 Å². The second kappa shape index (κ2) is 42.1. The molecule has 0 aliphatic heterocycles. The highest BCUT2D eigenvalue weighted by molar-refractivity contribution is 5.70. The van der Waals surface area contributed by atoms with E-state index < -0.39 is 6.10 Å². The van der Waals surface area contributed by atoms with Crippen LogP contribution in [0.5, 0.6) is 0 Å². The van der Waals surface area contributed by atoms with Crippen molar-refractivity contribution in [2.75, 3.05) is 13.2 Å². The molecule has 0 aliphatic rings. The molecule has 0 fully saturated rings. The van der Waals surface area contributed by atoms with Gasteiger partial charge in [0.1, 0.15) is 6.61 Å². The van der Waals surface area contributed by atoms with Crippen molar-refractivity contribution in [3.05, 3.63) is 12.2 Å². The summed E-state index contributed by atoms with van der Waals surface area (Å²) in [7, 11) is 0. The topological polar surface area (TPSA) is 72.8 Å². The lowest BCUT2D eigenvalue weighted by molar-refractivity contribution is -0.161. The van der Waals surface area contributed by atoms with E-state index in [1.54, 1.807) is 0 Å². The van der Waals surface area contributed by atoms with E-state index in [2.05, 4.69) is 26.0 Å². The lowest BCUT2D eigenvalue weighted by atomic mass is 10.0. The first-order valence-electron chi connectivity index (χ1n) is 22.2. The van der Waals surface area contributed by atoms with E-state index in [0.29, 0.717) is 12.8 Å². The second-order valence-electron chi connectivity index (χ2n) is 15.1. The summed E-state index contributed by atoms with van der Waals surface area (Å²) in [4.78, 5) is 24.3. The third-order valence-electron chi connectivity index (χ3n) is 10.1. The molecule has 0 rings (SSSR count). The molecule has 1 atom stereocenters. The van der Waals surface area contributed by atoms with Crippen molar-refractivity contribution in [2.45, 2.75) is 251 Å². The van der Waals surface area contributed by atoms with Gasteiger partial charge in [-0.1, -0.05) is 206 Å². The van der Waals surface area contributed by atoms with Gasteiger partial charge in [0.2, 0.25) is 0 Å². The molecule has 5 nitrogen and oxygen atoms in total. The number of hydrogen-bond donors (Lipinski definition) is 1. The fourth-order valence-electron chi connectivity index (χ4n) is 6.67. The molecule has 0 heterocycles. The van der Waals surface area contributed by atoms with Crippen LogP contribution in [0.2, 0.25) is 0 Å². The average Bonchev–Trinajstić information content (AvgIpc) is 3.12. The Hall–Kier alpha value is -1.36. The van der Waals surface area contributed by atoms with Crippen molar-refractivity contribution in [2.24, 2.45) is 0 Å². The molecule has 1 unspecified atom stereocenters. The molecule has 0 aromatic carbocycles. The van der Waals surface area contributed by atoms with Crippen LogP contribution in [0.25, 0.3) is 0 Å². The normalized spacial score (nSPS) is 12.1. The molecule has 0 amide bonds. The quantitative estimate of drug-likeness (QED) is 0.0389. The highest BCUT2D eigenvalue weighted by atomic mass is 16.6. The Kier molecular flexibility index (Phi) is 40.9. The van der Waals surface area contributed by atoms with Crippen molar-refractivity contribution in [1.29, 1.82) is 0 Å². The van der Waals surface area contributed by atoms with Gasteiger partial charge in [0.25, 0.3) is 0 Å². The number of rotatable bonds is 41. The van der Waals surface area contributed by atoms with Crippen molar-refractivity contribution < 1.29 is 24.2 Å². The summed E-state index contributed by atoms with van der Waals surface area (Å²) < 4.78 is 10.6. The van der Waals surface area contributed by atoms with E-state index in [4.69, 9.17) is 9.47 Å². The average molecular weight is 707 g/mol. The smallest absolute Gasteiger partial charge is 0.306 e. The number of hydrogen-bond acceptors (Lipinski definition) is 5. The maximum atomic E-state index is 12.2. The fraction of sp³-hybridized carbons (Fsp3) is 0.911. The zero-order valence-corrected chi connectivity index (χ0v) is 33.7. The number of ether oxygens (including phenoxy) is 2. The zero-order chi connectivity index (χ0) is 36.4. The van der Waals surface area contributed by atoms with E-state index in [9.17, 15) is 14.7 Å². The lowest BCUT2D eigenvalue weighted by Gasteiger charge is -2.15. The lowest BCUT2D eigenvalue weighted by Crippen LogP contribution is -2.28. The van der Waals surface area contributed by atoms with Crippen LogP contribution in [0.4, 0.5) is 0 Å². The van der Waals surface area contributed by atoms with Gasteiger partial charge in [-0.25, -0.2) is 0 Å². The number of esters is 2. The molecule has 50 heavy (non-hydrogen) atoms. The Balaban J connectivity index is 3.47. The minimum absolute atomic E-state index is 0.0611. The first kappa shape index (κ1) is 48.6. The molecule has 0 saturated heterocycles. The largest absolute Gasteiger partial charge is 0.462 e. The molecule has 0 saturated carbocycles. The van der Waals surface area contributed by atoms with Gasteiger partial charge < -0.3 is 14.6 Å². The monoisotopic (exact) mass is 707 g/mol. The van der Waals surface area contributed by atoms with Crippen LogP contribution >= 0.6 is 0 Å². The van der Waals surface area contributed by atoms with Gasteiger partial charge in [0.15, 0.2) is 6.10 Å². The molecule has 1 N–H and O–H groups in total. The Morgan fingerprint density at radius 3 is 1.10 bits per heavy atom. The molecule has 0 aromatic heterocycles. The Morgan fingerprint density at radius 2 is 0.740 bits per heavy atom. The number of carbonyl (C=O) groups excluding carboxylic acids is 2. The summed E-state index contributed by atoms with van der Waals surface area (Å²) >= 11 is 0. The van der Waals surface area contributed by atoms with Crippen molar-refractivity contribution in [1.82, 2.24) is 0 Å². The standard InChI is InChI=1S/C45H86O5/c1-3-5-7-9-11-13-15-17-19-20-21-22-23-24-26-27-29-31-33-35-37-39-44(47)49-42-43(41-46)50-45(48)40-38-36-34-32-30-28-25-18-16-14-12-10-8-6-4-2/h14,16,43,46H,3-13,15,17-42H2,1-2H3. The highest BCUT2D eigenvalue weighted by Crippen LogP contribution is 2.16. The van der Waals surface area contributed by atoms with Crippen LogP contribution < -0.4 is 0 Å². The molecule has 0 aromatic rings. The number of allylic oxidation sites excluding steroid dienone is 2. The minimum Gasteiger partial charge on any atom is -0.462 e. The van der Waals surface area contributed by atoms with Crippen LogP contribution in [-0.2, 0) is 19.1 Å². The van der Waals surface area contributed by atoms with Gasteiger partial charge in [-0.3, -0.25) is 9.59 Å². The molecular weight excluding hydrogens is 620 g/mol. The van der Waals surface area contributed by atoms with Crippen LogP contribution in [-0.4, -0.2) is 36.4 Å². The maximum absolute atomic E-state index is 12.2. The fourth-order valence-corrected chi connectivity index (χ4v) is 6.67. The predicted molar refractivity (Wildman–Crippen MR) is 215 cm³/mol. The Bertz CT molecular complexity index is 720. The summed E-state index contributed by atoms with van der Waals surface area (Å²) in [6, 6.07) is 0. The van der Waals surface area contributed by atoms with Crippen LogP contribution in [0.3, 0.4) is 0 Å². The van der Waals surface area contributed by atoms with Gasteiger partial charge in [0, 0.05) is 12.8 Å². The van der Waals surface area contributed by atoms with E-state index in [1.807, 2.05) is 0 Å². The zero-order valence-electron chi connectivity index (χ0n) is 33.7. The van der Waals surface area contributed by atoms with E-state index in [1.165, 1.54) is 186 Å². The Labute approximate surface area is 311 Å². The number of aliphatic hydroxyl groups is 1. The predicted octanol–water partition coefficient (Wildman–Crippen LogP) is 14.1. The first-order chi connectivity index (χ1) is 24.6. The highest BCUT2D eigenvalue weighted by Gasteiger charge is 2.16. The van der Waals surface area contributed by atoms with Gasteiger partial charge in [-0.2, -0.15) is 0 Å². The molecule has 0 radical (unpaired) electrons. The van der Waals surface area contributed by atoms with E-state index >= 15 is 0 Å². The third-order valence-corrected chi connectivity index (χ3v) is 10.1.